The zero-order valence-corrected chi connectivity index (χ0v) is 12.8. The van der Waals surface area contributed by atoms with Gasteiger partial charge in [-0.05, 0) is 30.3 Å². The van der Waals surface area contributed by atoms with Crippen LogP contribution in [0.5, 0.6) is 0 Å². The number of ether oxygens (including phenoxy) is 1. The number of carbonyl (C=O) groups is 2. The fourth-order valence-corrected chi connectivity index (χ4v) is 2.61. The number of amides is 2. The first kappa shape index (κ1) is 15.9. The van der Waals surface area contributed by atoms with Crippen LogP contribution in [0.4, 0.5) is 0 Å². The minimum atomic E-state index is -0.650. The number of hydrogen-bond acceptors (Lipinski definition) is 4. The van der Waals surface area contributed by atoms with Crippen molar-refractivity contribution >= 4 is 11.8 Å². The van der Waals surface area contributed by atoms with Crippen molar-refractivity contribution < 1.29 is 14.3 Å². The van der Waals surface area contributed by atoms with Gasteiger partial charge in [-0.1, -0.05) is 6.07 Å². The fraction of sp³-hybridized carbons (Fsp3) is 0.235. The van der Waals surface area contributed by atoms with Crippen molar-refractivity contribution in [3.63, 3.8) is 0 Å². The minimum absolute atomic E-state index is 0.143. The third-order valence-corrected chi connectivity index (χ3v) is 3.88. The monoisotopic (exact) mass is 327 g/mol. The number of pyridine rings is 1. The van der Waals surface area contributed by atoms with Gasteiger partial charge >= 0.3 is 0 Å². The van der Waals surface area contributed by atoms with Crippen LogP contribution in [-0.4, -0.2) is 35.1 Å². The summed E-state index contributed by atoms with van der Waals surface area (Å²) in [5, 5.41) is 2.81. The number of nitrogens with zero attached hydrogens (tertiary/aromatic N) is 1. The largest absolute Gasteiger partial charge is 0.367 e. The standard InChI is InChI=1S/C17H17N3O4/c18-16(22)14-9-12(10-24-14)19-17(23)11-4-6-13(7-5-11)20-8-2-1-3-15(20)21/h1-8,12,14H,9-10H2,(H2,18,22)(H,19,23). The second kappa shape index (κ2) is 6.67. The van der Waals surface area contributed by atoms with Crippen molar-refractivity contribution in [1.29, 1.82) is 0 Å². The van der Waals surface area contributed by atoms with Crippen LogP contribution >= 0.6 is 0 Å². The van der Waals surface area contributed by atoms with E-state index >= 15 is 0 Å². The Morgan fingerprint density at radius 2 is 1.92 bits per heavy atom. The van der Waals surface area contributed by atoms with Crippen LogP contribution in [0.1, 0.15) is 16.8 Å². The second-order valence-electron chi connectivity index (χ2n) is 5.59. The van der Waals surface area contributed by atoms with E-state index in [2.05, 4.69) is 5.32 Å². The van der Waals surface area contributed by atoms with Crippen LogP contribution in [0.25, 0.3) is 5.69 Å². The van der Waals surface area contributed by atoms with E-state index in [0.717, 1.165) is 0 Å². The second-order valence-corrected chi connectivity index (χ2v) is 5.59. The van der Waals surface area contributed by atoms with Gasteiger partial charge in [0.2, 0.25) is 5.91 Å². The first-order valence-corrected chi connectivity index (χ1v) is 7.54. The topological polar surface area (TPSA) is 103 Å². The number of hydrogen-bond donors (Lipinski definition) is 2. The molecule has 2 unspecified atom stereocenters. The highest BCUT2D eigenvalue weighted by atomic mass is 16.5. The summed E-state index contributed by atoms with van der Waals surface area (Å²) in [6.07, 6.45) is 1.39. The van der Waals surface area contributed by atoms with Gasteiger partial charge in [-0.15, -0.1) is 0 Å². The molecule has 0 radical (unpaired) electrons. The molecule has 2 atom stereocenters. The Balaban J connectivity index is 1.68. The summed E-state index contributed by atoms with van der Waals surface area (Å²) in [4.78, 5) is 35.1. The molecule has 7 heteroatoms. The summed E-state index contributed by atoms with van der Waals surface area (Å²) in [7, 11) is 0. The molecule has 1 aromatic heterocycles. The predicted molar refractivity (Wildman–Crippen MR) is 86.8 cm³/mol. The molecule has 124 valence electrons. The van der Waals surface area contributed by atoms with Crippen LogP contribution in [-0.2, 0) is 9.53 Å². The van der Waals surface area contributed by atoms with Gasteiger partial charge in [0.05, 0.1) is 12.6 Å². The molecule has 1 saturated heterocycles. The molecule has 0 aliphatic carbocycles. The number of nitrogens with one attached hydrogen (secondary N) is 1. The van der Waals surface area contributed by atoms with Crippen LogP contribution in [0, 0.1) is 0 Å². The van der Waals surface area contributed by atoms with E-state index < -0.39 is 12.0 Å². The maximum Gasteiger partial charge on any atom is 0.255 e. The summed E-state index contributed by atoms with van der Waals surface area (Å²) < 4.78 is 6.72. The van der Waals surface area contributed by atoms with Crippen molar-refractivity contribution in [2.24, 2.45) is 5.73 Å². The highest BCUT2D eigenvalue weighted by Crippen LogP contribution is 2.14. The lowest BCUT2D eigenvalue weighted by molar-refractivity contribution is -0.126. The van der Waals surface area contributed by atoms with E-state index in [1.807, 2.05) is 0 Å². The molecule has 1 aliphatic heterocycles. The van der Waals surface area contributed by atoms with Crippen molar-refractivity contribution in [3.8, 4) is 5.69 Å². The van der Waals surface area contributed by atoms with E-state index in [4.69, 9.17) is 10.5 Å². The molecule has 2 amide bonds. The number of primary amides is 1. The molecule has 0 bridgehead atoms. The van der Waals surface area contributed by atoms with E-state index in [0.29, 0.717) is 17.7 Å². The number of aromatic nitrogens is 1. The SMILES string of the molecule is NC(=O)C1CC(NC(=O)c2ccc(-n3ccccc3=O)cc2)CO1. The Morgan fingerprint density at radius 1 is 1.17 bits per heavy atom. The van der Waals surface area contributed by atoms with Gasteiger partial charge < -0.3 is 15.8 Å². The Labute approximate surface area is 138 Å². The number of benzene rings is 1. The molecule has 1 aromatic carbocycles. The van der Waals surface area contributed by atoms with Crippen molar-refractivity contribution in [1.82, 2.24) is 9.88 Å². The molecule has 7 nitrogen and oxygen atoms in total. The maximum atomic E-state index is 12.2. The first-order chi connectivity index (χ1) is 11.5. The maximum absolute atomic E-state index is 12.2. The van der Waals surface area contributed by atoms with Gasteiger partial charge in [0, 0.05) is 29.9 Å². The summed E-state index contributed by atoms with van der Waals surface area (Å²) in [5.74, 6) is -0.787. The van der Waals surface area contributed by atoms with Gasteiger partial charge in [-0.3, -0.25) is 19.0 Å². The summed E-state index contributed by atoms with van der Waals surface area (Å²) in [6, 6.07) is 11.3. The molecule has 1 fully saturated rings. The van der Waals surface area contributed by atoms with E-state index in [-0.39, 0.29) is 24.1 Å². The van der Waals surface area contributed by atoms with Crippen LogP contribution < -0.4 is 16.6 Å². The van der Waals surface area contributed by atoms with Gasteiger partial charge in [0.1, 0.15) is 6.10 Å². The lowest BCUT2D eigenvalue weighted by atomic mass is 10.1. The molecular weight excluding hydrogens is 310 g/mol. The zero-order chi connectivity index (χ0) is 17.1. The lowest BCUT2D eigenvalue weighted by Crippen LogP contribution is -2.36. The summed E-state index contributed by atoms with van der Waals surface area (Å²) in [5.41, 5.74) is 6.18. The molecule has 1 aliphatic rings. The van der Waals surface area contributed by atoms with E-state index in [9.17, 15) is 14.4 Å². The Kier molecular flexibility index (Phi) is 4.43. The predicted octanol–water partition coefficient (Wildman–Crippen LogP) is 0.210. The highest BCUT2D eigenvalue weighted by molar-refractivity contribution is 5.94. The normalized spacial score (nSPS) is 19.8. The molecule has 3 N–H and O–H groups in total. The van der Waals surface area contributed by atoms with Gasteiger partial charge in [0.25, 0.3) is 11.5 Å². The molecule has 24 heavy (non-hydrogen) atoms. The Hall–Kier alpha value is -2.93. The lowest BCUT2D eigenvalue weighted by Gasteiger charge is -2.11. The van der Waals surface area contributed by atoms with Gasteiger partial charge in [0.15, 0.2) is 0 Å². The first-order valence-electron chi connectivity index (χ1n) is 7.54. The molecular formula is C17H17N3O4. The van der Waals surface area contributed by atoms with Crippen LogP contribution in [0.15, 0.2) is 53.5 Å². The Morgan fingerprint density at radius 3 is 2.54 bits per heavy atom. The smallest absolute Gasteiger partial charge is 0.255 e. The summed E-state index contributed by atoms with van der Waals surface area (Å²) >= 11 is 0. The van der Waals surface area contributed by atoms with Crippen molar-refractivity contribution in [2.75, 3.05) is 6.61 Å². The minimum Gasteiger partial charge on any atom is -0.367 e. The van der Waals surface area contributed by atoms with Crippen LogP contribution in [0.2, 0.25) is 0 Å². The molecule has 2 heterocycles. The molecule has 3 rings (SSSR count). The average Bonchev–Trinajstić information content (AvgIpc) is 3.04. The van der Waals surface area contributed by atoms with Gasteiger partial charge in [-0.25, -0.2) is 0 Å². The average molecular weight is 327 g/mol. The zero-order valence-electron chi connectivity index (χ0n) is 12.8. The van der Waals surface area contributed by atoms with E-state index in [1.54, 1.807) is 42.6 Å². The van der Waals surface area contributed by atoms with Crippen LogP contribution in [0.3, 0.4) is 0 Å². The van der Waals surface area contributed by atoms with Crippen molar-refractivity contribution in [2.45, 2.75) is 18.6 Å². The Bertz CT molecular complexity index is 813. The quantitative estimate of drug-likeness (QED) is 0.838. The fourth-order valence-electron chi connectivity index (χ4n) is 2.61. The molecule has 0 spiro atoms. The number of carbonyl (C=O) groups excluding carboxylic acids is 2. The molecule has 0 saturated carbocycles. The highest BCUT2D eigenvalue weighted by Gasteiger charge is 2.30. The number of nitrogens with two attached hydrogens (primary N) is 1. The molecule has 2 aromatic rings. The van der Waals surface area contributed by atoms with E-state index in [1.165, 1.54) is 10.6 Å². The third-order valence-electron chi connectivity index (χ3n) is 3.88. The summed E-state index contributed by atoms with van der Waals surface area (Å²) in [6.45, 7) is 0.261. The van der Waals surface area contributed by atoms with Crippen molar-refractivity contribution in [3.05, 3.63) is 64.6 Å². The third kappa shape index (κ3) is 3.36. The van der Waals surface area contributed by atoms with Gasteiger partial charge in [-0.2, -0.15) is 0 Å². The number of rotatable bonds is 4.